The third-order valence-electron chi connectivity index (χ3n) is 5.51. The summed E-state index contributed by atoms with van der Waals surface area (Å²) in [5.41, 5.74) is 9.02. The molecule has 0 radical (unpaired) electrons. The molecule has 29 heavy (non-hydrogen) atoms. The van der Waals surface area contributed by atoms with Gasteiger partial charge in [-0.2, -0.15) is 0 Å². The van der Waals surface area contributed by atoms with Crippen molar-refractivity contribution in [1.29, 1.82) is 0 Å². The molecular formula is C24H31N3O2. The molecule has 2 N–H and O–H groups in total. The number of hydrogen-bond acceptors (Lipinski definition) is 3. The summed E-state index contributed by atoms with van der Waals surface area (Å²) in [5.74, 6) is -0.0478. The summed E-state index contributed by atoms with van der Waals surface area (Å²) in [4.78, 5) is 29.6. The number of amides is 2. The molecule has 0 aromatic heterocycles. The maximum absolute atomic E-state index is 13.3. The highest BCUT2D eigenvalue weighted by Crippen LogP contribution is 2.27. The molecule has 2 aromatic carbocycles. The quantitative estimate of drug-likeness (QED) is 0.786. The van der Waals surface area contributed by atoms with E-state index in [4.69, 9.17) is 5.73 Å². The van der Waals surface area contributed by atoms with E-state index >= 15 is 0 Å². The molecule has 1 aliphatic heterocycles. The Balaban J connectivity index is 1.88. The average molecular weight is 394 g/mol. The monoisotopic (exact) mass is 393 g/mol. The Morgan fingerprint density at radius 2 is 1.79 bits per heavy atom. The minimum Gasteiger partial charge on any atom is -0.341 e. The molecule has 1 aliphatic rings. The van der Waals surface area contributed by atoms with Crippen molar-refractivity contribution < 1.29 is 9.59 Å². The van der Waals surface area contributed by atoms with Gasteiger partial charge in [0, 0.05) is 39.1 Å². The van der Waals surface area contributed by atoms with E-state index in [9.17, 15) is 9.59 Å². The number of benzene rings is 2. The number of carbonyl (C=O) groups excluding carboxylic acids is 2. The summed E-state index contributed by atoms with van der Waals surface area (Å²) >= 11 is 0. The van der Waals surface area contributed by atoms with E-state index in [0.717, 1.165) is 29.7 Å². The van der Waals surface area contributed by atoms with Gasteiger partial charge in [0.1, 0.15) is 0 Å². The van der Waals surface area contributed by atoms with Crippen LogP contribution < -0.4 is 5.73 Å². The maximum atomic E-state index is 13.3. The third kappa shape index (κ3) is 5.24. The van der Waals surface area contributed by atoms with Crippen LogP contribution in [-0.4, -0.2) is 54.3 Å². The number of carbonyl (C=O) groups is 2. The Hall–Kier alpha value is -2.66. The lowest BCUT2D eigenvalue weighted by molar-refractivity contribution is -0.135. The van der Waals surface area contributed by atoms with Crippen molar-refractivity contribution in [1.82, 2.24) is 9.80 Å². The van der Waals surface area contributed by atoms with E-state index in [-0.39, 0.29) is 17.7 Å². The van der Waals surface area contributed by atoms with E-state index in [1.54, 1.807) is 0 Å². The summed E-state index contributed by atoms with van der Waals surface area (Å²) in [6.07, 6.45) is 1.86. The van der Waals surface area contributed by atoms with Crippen LogP contribution in [0.3, 0.4) is 0 Å². The van der Waals surface area contributed by atoms with Crippen LogP contribution >= 0.6 is 0 Å². The minimum atomic E-state index is -0.240. The van der Waals surface area contributed by atoms with Crippen molar-refractivity contribution >= 4 is 11.8 Å². The van der Waals surface area contributed by atoms with Gasteiger partial charge >= 0.3 is 0 Å². The molecule has 5 heteroatoms. The van der Waals surface area contributed by atoms with Crippen molar-refractivity contribution in [3.05, 3.63) is 60.2 Å². The second kappa shape index (κ2) is 10.2. The van der Waals surface area contributed by atoms with Gasteiger partial charge in [0.05, 0.1) is 5.92 Å². The Kier molecular flexibility index (Phi) is 7.42. The summed E-state index contributed by atoms with van der Waals surface area (Å²) in [6, 6.07) is 18.5. The average Bonchev–Trinajstić information content (AvgIpc) is 2.89. The molecule has 5 nitrogen and oxygen atoms in total. The van der Waals surface area contributed by atoms with Gasteiger partial charge in [-0.3, -0.25) is 9.59 Å². The van der Waals surface area contributed by atoms with E-state index in [0.29, 0.717) is 39.0 Å². The van der Waals surface area contributed by atoms with Gasteiger partial charge in [0.15, 0.2) is 0 Å². The summed E-state index contributed by atoms with van der Waals surface area (Å²) in [7, 11) is 0. The largest absolute Gasteiger partial charge is 0.341 e. The predicted molar refractivity (Wildman–Crippen MR) is 116 cm³/mol. The Morgan fingerprint density at radius 3 is 2.52 bits per heavy atom. The molecule has 0 unspecified atom stereocenters. The van der Waals surface area contributed by atoms with Gasteiger partial charge in [0.2, 0.25) is 11.8 Å². The fraction of sp³-hybridized carbons (Fsp3) is 0.417. The first kappa shape index (κ1) is 21.1. The lowest BCUT2D eigenvalue weighted by Gasteiger charge is -2.24. The first-order chi connectivity index (χ1) is 14.1. The van der Waals surface area contributed by atoms with Crippen LogP contribution in [0.1, 0.15) is 25.3 Å². The first-order valence-electron chi connectivity index (χ1n) is 10.5. The highest BCUT2D eigenvalue weighted by Gasteiger charge is 2.32. The van der Waals surface area contributed by atoms with Crippen molar-refractivity contribution in [2.24, 2.45) is 11.7 Å². The Labute approximate surface area is 173 Å². The zero-order chi connectivity index (χ0) is 20.6. The second-order valence-corrected chi connectivity index (χ2v) is 7.63. The molecule has 2 aromatic rings. The summed E-state index contributed by atoms with van der Waals surface area (Å²) in [5, 5.41) is 0. The lowest BCUT2D eigenvalue weighted by atomic mass is 9.91. The first-order valence-corrected chi connectivity index (χ1v) is 10.5. The van der Waals surface area contributed by atoms with Gasteiger partial charge < -0.3 is 15.5 Å². The molecule has 3 rings (SSSR count). The molecular weight excluding hydrogens is 362 g/mol. The van der Waals surface area contributed by atoms with Crippen molar-refractivity contribution in [2.75, 3.05) is 32.7 Å². The fourth-order valence-corrected chi connectivity index (χ4v) is 4.06. The normalized spacial score (nSPS) is 17.3. The highest BCUT2D eigenvalue weighted by molar-refractivity contribution is 5.83. The van der Waals surface area contributed by atoms with Crippen LogP contribution in [0.25, 0.3) is 11.1 Å². The van der Waals surface area contributed by atoms with Crippen LogP contribution in [-0.2, 0) is 16.0 Å². The van der Waals surface area contributed by atoms with E-state index in [1.165, 1.54) is 0 Å². The van der Waals surface area contributed by atoms with Crippen molar-refractivity contribution in [3.63, 3.8) is 0 Å². The van der Waals surface area contributed by atoms with Crippen molar-refractivity contribution in [3.8, 4) is 11.1 Å². The molecule has 0 aliphatic carbocycles. The minimum absolute atomic E-state index is 0.0417. The standard InChI is InChI=1S/C24H31N3O2/c1-2-14-26-15-16-27(23(28)12-13-25)18-21(24(26)29)17-20-10-6-7-11-22(20)19-8-4-3-5-9-19/h3-11,21H,2,12-18,25H2,1H3/t21-/m1/s1. The summed E-state index contributed by atoms with van der Waals surface area (Å²) < 4.78 is 0. The molecule has 1 atom stereocenters. The number of nitrogens with two attached hydrogens (primary N) is 1. The van der Waals surface area contributed by atoms with E-state index < -0.39 is 0 Å². The van der Waals surface area contributed by atoms with Crippen LogP contribution in [0.4, 0.5) is 0 Å². The zero-order valence-corrected chi connectivity index (χ0v) is 17.2. The maximum Gasteiger partial charge on any atom is 0.227 e. The lowest BCUT2D eigenvalue weighted by Crippen LogP contribution is -2.38. The van der Waals surface area contributed by atoms with Gasteiger partial charge in [0.25, 0.3) is 0 Å². The molecule has 0 spiro atoms. The highest BCUT2D eigenvalue weighted by atomic mass is 16.2. The van der Waals surface area contributed by atoms with E-state index in [1.807, 2.05) is 40.1 Å². The molecule has 1 fully saturated rings. The number of rotatable bonds is 7. The molecule has 2 amide bonds. The van der Waals surface area contributed by atoms with Gasteiger partial charge in [-0.15, -0.1) is 0 Å². The predicted octanol–water partition coefficient (Wildman–Crippen LogP) is 2.94. The van der Waals surface area contributed by atoms with Gasteiger partial charge in [-0.25, -0.2) is 0 Å². The Morgan fingerprint density at radius 1 is 1.07 bits per heavy atom. The zero-order valence-electron chi connectivity index (χ0n) is 17.2. The van der Waals surface area contributed by atoms with Crippen LogP contribution in [0.2, 0.25) is 0 Å². The van der Waals surface area contributed by atoms with Gasteiger partial charge in [-0.05, 0) is 29.5 Å². The van der Waals surface area contributed by atoms with E-state index in [2.05, 4.69) is 31.2 Å². The summed E-state index contributed by atoms with van der Waals surface area (Å²) in [6.45, 7) is 4.79. The van der Waals surface area contributed by atoms with Crippen molar-refractivity contribution in [2.45, 2.75) is 26.2 Å². The van der Waals surface area contributed by atoms with Crippen LogP contribution in [0.5, 0.6) is 0 Å². The van der Waals surface area contributed by atoms with Crippen LogP contribution in [0.15, 0.2) is 54.6 Å². The Bertz CT molecular complexity index is 822. The molecule has 0 bridgehead atoms. The topological polar surface area (TPSA) is 66.6 Å². The third-order valence-corrected chi connectivity index (χ3v) is 5.51. The number of nitrogens with zero attached hydrogens (tertiary/aromatic N) is 2. The molecule has 154 valence electrons. The number of hydrogen-bond donors (Lipinski definition) is 1. The molecule has 0 saturated carbocycles. The molecule has 1 saturated heterocycles. The fourth-order valence-electron chi connectivity index (χ4n) is 4.06. The molecule has 1 heterocycles. The smallest absolute Gasteiger partial charge is 0.227 e. The SMILES string of the molecule is CCCN1CCN(C(=O)CCN)C[C@@H](Cc2ccccc2-c2ccccc2)C1=O. The van der Waals surface area contributed by atoms with Crippen LogP contribution in [0, 0.1) is 5.92 Å². The van der Waals surface area contributed by atoms with Gasteiger partial charge in [-0.1, -0.05) is 61.5 Å². The second-order valence-electron chi connectivity index (χ2n) is 7.63.